The Hall–Kier alpha value is -1.09. The SMILES string of the molecule is CCC1CCCCCN1c1cnccc1CNC. The lowest BCUT2D eigenvalue weighted by atomic mass is 10.1. The van der Waals surface area contributed by atoms with Crippen LogP contribution < -0.4 is 10.2 Å². The topological polar surface area (TPSA) is 28.2 Å². The van der Waals surface area contributed by atoms with Crippen LogP contribution in [0.1, 0.15) is 44.6 Å². The van der Waals surface area contributed by atoms with Crippen LogP contribution in [0.25, 0.3) is 0 Å². The molecular weight excluding hydrogens is 222 g/mol. The maximum absolute atomic E-state index is 4.33. The first-order valence-corrected chi connectivity index (χ1v) is 7.21. The minimum Gasteiger partial charge on any atom is -0.367 e. The van der Waals surface area contributed by atoms with E-state index in [0.29, 0.717) is 6.04 Å². The van der Waals surface area contributed by atoms with Crippen LogP contribution in [0.15, 0.2) is 18.5 Å². The Labute approximate surface area is 111 Å². The molecule has 2 rings (SSSR count). The third-order valence-corrected chi connectivity index (χ3v) is 3.91. The molecule has 0 spiro atoms. The highest BCUT2D eigenvalue weighted by molar-refractivity contribution is 5.52. The van der Waals surface area contributed by atoms with Crippen molar-refractivity contribution in [2.45, 2.75) is 51.6 Å². The van der Waals surface area contributed by atoms with Gasteiger partial charge in [-0.05, 0) is 37.9 Å². The van der Waals surface area contributed by atoms with Crippen molar-refractivity contribution in [3.8, 4) is 0 Å². The van der Waals surface area contributed by atoms with Gasteiger partial charge in [-0.2, -0.15) is 0 Å². The summed E-state index contributed by atoms with van der Waals surface area (Å²) in [5, 5.41) is 3.26. The lowest BCUT2D eigenvalue weighted by Gasteiger charge is -2.32. The van der Waals surface area contributed by atoms with Crippen molar-refractivity contribution in [3.05, 3.63) is 24.0 Å². The quantitative estimate of drug-likeness (QED) is 0.886. The summed E-state index contributed by atoms with van der Waals surface area (Å²) in [6.07, 6.45) is 10.5. The zero-order chi connectivity index (χ0) is 12.8. The highest BCUT2D eigenvalue weighted by Gasteiger charge is 2.21. The molecule has 1 aliphatic rings. The highest BCUT2D eigenvalue weighted by Crippen LogP contribution is 2.28. The van der Waals surface area contributed by atoms with Crippen LogP contribution in [-0.4, -0.2) is 24.6 Å². The molecule has 1 unspecified atom stereocenters. The Morgan fingerprint density at radius 2 is 2.28 bits per heavy atom. The molecule has 18 heavy (non-hydrogen) atoms. The Kier molecular flexibility index (Phi) is 5.00. The second-order valence-corrected chi connectivity index (χ2v) is 5.14. The number of nitrogens with one attached hydrogen (secondary N) is 1. The van der Waals surface area contributed by atoms with E-state index in [1.165, 1.54) is 49.9 Å². The minimum absolute atomic E-state index is 0.687. The van der Waals surface area contributed by atoms with Crippen LogP contribution in [-0.2, 0) is 6.54 Å². The fraction of sp³-hybridized carbons (Fsp3) is 0.667. The van der Waals surface area contributed by atoms with Gasteiger partial charge in [0.1, 0.15) is 0 Å². The van der Waals surface area contributed by atoms with Gasteiger partial charge < -0.3 is 10.2 Å². The van der Waals surface area contributed by atoms with Crippen LogP contribution in [0.2, 0.25) is 0 Å². The van der Waals surface area contributed by atoms with E-state index in [9.17, 15) is 0 Å². The Morgan fingerprint density at radius 3 is 3.06 bits per heavy atom. The van der Waals surface area contributed by atoms with Crippen molar-refractivity contribution in [2.24, 2.45) is 0 Å². The molecule has 1 atom stereocenters. The molecule has 0 bridgehead atoms. The maximum atomic E-state index is 4.33. The average Bonchev–Trinajstić information content (AvgIpc) is 2.65. The van der Waals surface area contributed by atoms with E-state index in [4.69, 9.17) is 0 Å². The molecule has 0 radical (unpaired) electrons. The van der Waals surface area contributed by atoms with Crippen molar-refractivity contribution in [3.63, 3.8) is 0 Å². The van der Waals surface area contributed by atoms with Crippen molar-refractivity contribution >= 4 is 5.69 Å². The number of pyridine rings is 1. The van der Waals surface area contributed by atoms with E-state index in [-0.39, 0.29) is 0 Å². The van der Waals surface area contributed by atoms with Gasteiger partial charge in [0.25, 0.3) is 0 Å². The molecule has 1 N–H and O–H groups in total. The number of anilines is 1. The molecule has 2 heterocycles. The number of aromatic nitrogens is 1. The van der Waals surface area contributed by atoms with Gasteiger partial charge in [-0.3, -0.25) is 4.98 Å². The van der Waals surface area contributed by atoms with E-state index in [1.54, 1.807) is 0 Å². The fourth-order valence-electron chi connectivity index (χ4n) is 2.93. The number of nitrogens with zero attached hydrogens (tertiary/aromatic N) is 2. The summed E-state index contributed by atoms with van der Waals surface area (Å²) in [5.74, 6) is 0. The summed E-state index contributed by atoms with van der Waals surface area (Å²) >= 11 is 0. The molecule has 1 aliphatic heterocycles. The second kappa shape index (κ2) is 6.74. The predicted octanol–water partition coefficient (Wildman–Crippen LogP) is 2.96. The van der Waals surface area contributed by atoms with E-state index in [0.717, 1.165) is 6.54 Å². The zero-order valence-corrected chi connectivity index (χ0v) is 11.7. The summed E-state index contributed by atoms with van der Waals surface area (Å²) in [5.41, 5.74) is 2.70. The molecule has 3 nitrogen and oxygen atoms in total. The lowest BCUT2D eigenvalue weighted by Crippen LogP contribution is -2.35. The fourth-order valence-corrected chi connectivity index (χ4v) is 2.93. The molecular formula is C15H25N3. The number of hydrogen-bond donors (Lipinski definition) is 1. The van der Waals surface area contributed by atoms with Crippen molar-refractivity contribution < 1.29 is 0 Å². The first kappa shape index (κ1) is 13.3. The van der Waals surface area contributed by atoms with E-state index in [2.05, 4.69) is 28.2 Å². The Balaban J connectivity index is 2.26. The summed E-state index contributed by atoms with van der Waals surface area (Å²) in [6.45, 7) is 4.41. The van der Waals surface area contributed by atoms with E-state index >= 15 is 0 Å². The van der Waals surface area contributed by atoms with Gasteiger partial charge in [-0.1, -0.05) is 19.8 Å². The van der Waals surface area contributed by atoms with Crippen molar-refractivity contribution in [1.29, 1.82) is 0 Å². The minimum atomic E-state index is 0.687. The maximum Gasteiger partial charge on any atom is 0.0600 e. The molecule has 3 heteroatoms. The molecule has 0 aromatic carbocycles. The summed E-state index contributed by atoms with van der Waals surface area (Å²) < 4.78 is 0. The van der Waals surface area contributed by atoms with Gasteiger partial charge in [-0.25, -0.2) is 0 Å². The Morgan fingerprint density at radius 1 is 1.39 bits per heavy atom. The largest absolute Gasteiger partial charge is 0.367 e. The van der Waals surface area contributed by atoms with Crippen LogP contribution in [0, 0.1) is 0 Å². The predicted molar refractivity (Wildman–Crippen MR) is 76.9 cm³/mol. The highest BCUT2D eigenvalue weighted by atomic mass is 15.2. The van der Waals surface area contributed by atoms with Gasteiger partial charge in [0.15, 0.2) is 0 Å². The van der Waals surface area contributed by atoms with Gasteiger partial charge in [0.05, 0.1) is 11.9 Å². The average molecular weight is 247 g/mol. The van der Waals surface area contributed by atoms with Crippen LogP contribution in [0.3, 0.4) is 0 Å². The summed E-state index contributed by atoms with van der Waals surface area (Å²) in [6, 6.07) is 2.83. The molecule has 100 valence electrons. The molecule has 1 aromatic heterocycles. The van der Waals surface area contributed by atoms with Crippen molar-refractivity contribution in [1.82, 2.24) is 10.3 Å². The molecule has 1 aromatic rings. The third-order valence-electron chi connectivity index (χ3n) is 3.91. The number of hydrogen-bond acceptors (Lipinski definition) is 3. The van der Waals surface area contributed by atoms with Crippen LogP contribution in [0.4, 0.5) is 5.69 Å². The summed E-state index contributed by atoms with van der Waals surface area (Å²) in [7, 11) is 2.00. The van der Waals surface area contributed by atoms with Crippen LogP contribution in [0.5, 0.6) is 0 Å². The molecule has 0 aliphatic carbocycles. The molecule has 1 fully saturated rings. The molecule has 0 amide bonds. The smallest absolute Gasteiger partial charge is 0.0600 e. The standard InChI is InChI=1S/C15H25N3/c1-3-14-7-5-4-6-10-18(14)15-12-17-9-8-13(15)11-16-2/h8-9,12,14,16H,3-7,10-11H2,1-2H3. The lowest BCUT2D eigenvalue weighted by molar-refractivity contribution is 0.553. The van der Waals surface area contributed by atoms with Gasteiger partial charge in [-0.15, -0.1) is 0 Å². The van der Waals surface area contributed by atoms with Gasteiger partial charge >= 0.3 is 0 Å². The second-order valence-electron chi connectivity index (χ2n) is 5.14. The Bertz CT molecular complexity index is 365. The molecule has 1 saturated heterocycles. The van der Waals surface area contributed by atoms with E-state index in [1.807, 2.05) is 19.4 Å². The van der Waals surface area contributed by atoms with E-state index < -0.39 is 0 Å². The number of rotatable bonds is 4. The zero-order valence-electron chi connectivity index (χ0n) is 11.7. The first-order valence-electron chi connectivity index (χ1n) is 7.21. The normalized spacial score (nSPS) is 20.8. The molecule has 0 saturated carbocycles. The first-order chi connectivity index (χ1) is 8.86. The monoisotopic (exact) mass is 247 g/mol. The summed E-state index contributed by atoms with van der Waals surface area (Å²) in [4.78, 5) is 6.92. The van der Waals surface area contributed by atoms with Gasteiger partial charge in [0, 0.05) is 25.3 Å². The van der Waals surface area contributed by atoms with Gasteiger partial charge in [0.2, 0.25) is 0 Å². The van der Waals surface area contributed by atoms with Crippen LogP contribution >= 0.6 is 0 Å². The van der Waals surface area contributed by atoms with Crippen molar-refractivity contribution in [2.75, 3.05) is 18.5 Å². The third kappa shape index (κ3) is 3.02.